The molecule has 1 heterocycles. The summed E-state index contributed by atoms with van der Waals surface area (Å²) in [6.45, 7) is 2.44. The third-order valence-corrected chi connectivity index (χ3v) is 4.05. The summed E-state index contributed by atoms with van der Waals surface area (Å²) in [6.07, 6.45) is 2.05. The van der Waals surface area contributed by atoms with Gasteiger partial charge in [0.2, 0.25) is 5.95 Å². The van der Waals surface area contributed by atoms with Crippen molar-refractivity contribution < 1.29 is 4.39 Å². The van der Waals surface area contributed by atoms with Gasteiger partial charge in [0, 0.05) is 17.3 Å². The SMILES string of the molecule is Cc1ccc(Nc2cnnc(NCCc3ccccc3F)n2)cc1Cl. The Kier molecular flexibility index (Phi) is 5.40. The number of nitrogens with one attached hydrogen (secondary N) is 2. The lowest BCUT2D eigenvalue weighted by atomic mass is 10.1. The van der Waals surface area contributed by atoms with Gasteiger partial charge in [-0.05, 0) is 42.7 Å². The van der Waals surface area contributed by atoms with Crippen LogP contribution in [-0.4, -0.2) is 21.7 Å². The van der Waals surface area contributed by atoms with Crippen LogP contribution < -0.4 is 10.6 Å². The summed E-state index contributed by atoms with van der Waals surface area (Å²) in [6, 6.07) is 12.4. The number of halogens is 2. The van der Waals surface area contributed by atoms with Crippen LogP contribution in [0.3, 0.4) is 0 Å². The normalized spacial score (nSPS) is 10.5. The molecule has 2 aromatic carbocycles. The summed E-state index contributed by atoms with van der Waals surface area (Å²) in [7, 11) is 0. The van der Waals surface area contributed by atoms with Crippen LogP contribution in [0.15, 0.2) is 48.7 Å². The largest absolute Gasteiger partial charge is 0.353 e. The molecule has 0 saturated heterocycles. The zero-order valence-electron chi connectivity index (χ0n) is 13.6. The van der Waals surface area contributed by atoms with Crippen molar-refractivity contribution in [1.29, 1.82) is 0 Å². The monoisotopic (exact) mass is 357 g/mol. The van der Waals surface area contributed by atoms with Gasteiger partial charge in [0.05, 0.1) is 6.20 Å². The maximum absolute atomic E-state index is 13.6. The van der Waals surface area contributed by atoms with Gasteiger partial charge >= 0.3 is 0 Å². The highest BCUT2D eigenvalue weighted by Gasteiger charge is 2.04. The molecule has 0 atom stereocenters. The zero-order valence-corrected chi connectivity index (χ0v) is 14.4. The molecule has 0 aliphatic carbocycles. The van der Waals surface area contributed by atoms with Crippen molar-refractivity contribution in [2.45, 2.75) is 13.3 Å². The average Bonchev–Trinajstić information content (AvgIpc) is 2.60. The zero-order chi connectivity index (χ0) is 17.6. The van der Waals surface area contributed by atoms with E-state index in [9.17, 15) is 4.39 Å². The van der Waals surface area contributed by atoms with E-state index in [2.05, 4.69) is 25.8 Å². The van der Waals surface area contributed by atoms with E-state index >= 15 is 0 Å². The maximum Gasteiger partial charge on any atom is 0.244 e. The van der Waals surface area contributed by atoms with Crippen molar-refractivity contribution in [2.75, 3.05) is 17.2 Å². The molecule has 0 saturated carbocycles. The van der Waals surface area contributed by atoms with Gasteiger partial charge in [0.25, 0.3) is 0 Å². The Bertz CT molecular complexity index is 872. The quantitative estimate of drug-likeness (QED) is 0.685. The lowest BCUT2D eigenvalue weighted by molar-refractivity contribution is 0.610. The van der Waals surface area contributed by atoms with Crippen molar-refractivity contribution in [3.8, 4) is 0 Å². The summed E-state index contributed by atoms with van der Waals surface area (Å²) < 4.78 is 13.6. The smallest absolute Gasteiger partial charge is 0.244 e. The first kappa shape index (κ1) is 17.1. The standard InChI is InChI=1S/C18H17ClFN5/c1-12-6-7-14(10-15(12)19)23-17-11-22-25-18(24-17)21-9-8-13-4-2-3-5-16(13)20/h2-7,10-11H,8-9H2,1H3,(H2,21,23,24,25). The number of benzene rings is 2. The third-order valence-electron chi connectivity index (χ3n) is 3.64. The summed E-state index contributed by atoms with van der Waals surface area (Å²) in [5.41, 5.74) is 2.46. The van der Waals surface area contributed by atoms with Gasteiger partial charge in [-0.1, -0.05) is 35.9 Å². The molecule has 0 radical (unpaired) electrons. The predicted octanol–water partition coefficient (Wildman–Crippen LogP) is 4.37. The molecule has 0 aliphatic rings. The van der Waals surface area contributed by atoms with Crippen molar-refractivity contribution in [3.05, 3.63) is 70.6 Å². The van der Waals surface area contributed by atoms with E-state index in [0.29, 0.717) is 35.3 Å². The Morgan fingerprint density at radius 2 is 2.00 bits per heavy atom. The van der Waals surface area contributed by atoms with Crippen LogP contribution in [0.4, 0.5) is 21.8 Å². The lowest BCUT2D eigenvalue weighted by Gasteiger charge is -2.09. The molecule has 1 aromatic heterocycles. The molecule has 0 fully saturated rings. The van der Waals surface area contributed by atoms with Crippen LogP contribution >= 0.6 is 11.6 Å². The molecule has 3 rings (SSSR count). The molecule has 0 aliphatic heterocycles. The van der Waals surface area contributed by atoms with E-state index in [4.69, 9.17) is 11.6 Å². The van der Waals surface area contributed by atoms with Gasteiger partial charge in [0.15, 0.2) is 5.82 Å². The molecular weight excluding hydrogens is 341 g/mol. The molecular formula is C18H17ClFN5. The van der Waals surface area contributed by atoms with Gasteiger partial charge in [0.1, 0.15) is 5.82 Å². The highest BCUT2D eigenvalue weighted by Crippen LogP contribution is 2.22. The first-order chi connectivity index (χ1) is 12.1. The molecule has 25 heavy (non-hydrogen) atoms. The minimum absolute atomic E-state index is 0.213. The fraction of sp³-hybridized carbons (Fsp3) is 0.167. The minimum atomic E-state index is -0.213. The molecule has 0 spiro atoms. The molecule has 5 nitrogen and oxygen atoms in total. The van der Waals surface area contributed by atoms with Crippen LogP contribution in [0.5, 0.6) is 0 Å². The van der Waals surface area contributed by atoms with Crippen LogP contribution in [-0.2, 0) is 6.42 Å². The number of rotatable bonds is 6. The van der Waals surface area contributed by atoms with Crippen molar-refractivity contribution in [2.24, 2.45) is 0 Å². The van der Waals surface area contributed by atoms with Crippen LogP contribution in [0.2, 0.25) is 5.02 Å². The average molecular weight is 358 g/mol. The molecule has 0 bridgehead atoms. The molecule has 128 valence electrons. The van der Waals surface area contributed by atoms with E-state index in [0.717, 1.165) is 11.3 Å². The summed E-state index contributed by atoms with van der Waals surface area (Å²) in [5.74, 6) is 0.706. The topological polar surface area (TPSA) is 62.7 Å². The highest BCUT2D eigenvalue weighted by atomic mass is 35.5. The van der Waals surface area contributed by atoms with E-state index in [-0.39, 0.29) is 5.82 Å². The second-order valence-corrected chi connectivity index (χ2v) is 5.93. The number of aromatic nitrogens is 3. The second kappa shape index (κ2) is 7.90. The van der Waals surface area contributed by atoms with Crippen molar-refractivity contribution >= 4 is 29.1 Å². The number of nitrogens with zero attached hydrogens (tertiary/aromatic N) is 3. The number of anilines is 3. The Balaban J connectivity index is 1.61. The predicted molar refractivity (Wildman–Crippen MR) is 97.9 cm³/mol. The van der Waals surface area contributed by atoms with Gasteiger partial charge in [-0.25, -0.2) is 4.39 Å². The molecule has 7 heteroatoms. The number of hydrogen-bond donors (Lipinski definition) is 2. The van der Waals surface area contributed by atoms with E-state index < -0.39 is 0 Å². The van der Waals surface area contributed by atoms with Gasteiger partial charge in [-0.2, -0.15) is 10.1 Å². The van der Waals surface area contributed by atoms with E-state index in [1.165, 1.54) is 12.3 Å². The van der Waals surface area contributed by atoms with E-state index in [1.54, 1.807) is 12.1 Å². The van der Waals surface area contributed by atoms with Crippen LogP contribution in [0.1, 0.15) is 11.1 Å². The fourth-order valence-electron chi connectivity index (χ4n) is 2.27. The van der Waals surface area contributed by atoms with Crippen LogP contribution in [0.25, 0.3) is 0 Å². The van der Waals surface area contributed by atoms with E-state index in [1.807, 2.05) is 31.2 Å². The van der Waals surface area contributed by atoms with Gasteiger partial charge in [-0.3, -0.25) is 0 Å². The first-order valence-corrected chi connectivity index (χ1v) is 8.20. The Morgan fingerprint density at radius 3 is 2.80 bits per heavy atom. The third kappa shape index (κ3) is 4.64. The fourth-order valence-corrected chi connectivity index (χ4v) is 2.45. The Labute approximate surface area is 150 Å². The molecule has 0 unspecified atom stereocenters. The maximum atomic E-state index is 13.6. The number of hydrogen-bond acceptors (Lipinski definition) is 5. The summed E-state index contributed by atoms with van der Waals surface area (Å²) >= 11 is 6.12. The summed E-state index contributed by atoms with van der Waals surface area (Å²) in [4.78, 5) is 4.34. The van der Waals surface area contributed by atoms with Crippen LogP contribution in [0, 0.1) is 12.7 Å². The van der Waals surface area contributed by atoms with Gasteiger partial charge < -0.3 is 10.6 Å². The Hall–Kier alpha value is -2.73. The Morgan fingerprint density at radius 1 is 1.16 bits per heavy atom. The first-order valence-electron chi connectivity index (χ1n) is 7.82. The number of aryl methyl sites for hydroxylation is 1. The molecule has 0 amide bonds. The second-order valence-electron chi connectivity index (χ2n) is 5.52. The van der Waals surface area contributed by atoms with Crippen molar-refractivity contribution in [3.63, 3.8) is 0 Å². The van der Waals surface area contributed by atoms with Crippen molar-refractivity contribution in [1.82, 2.24) is 15.2 Å². The lowest BCUT2D eigenvalue weighted by Crippen LogP contribution is -2.10. The minimum Gasteiger partial charge on any atom is -0.353 e. The molecule has 2 N–H and O–H groups in total. The summed E-state index contributed by atoms with van der Waals surface area (Å²) in [5, 5.41) is 14.7. The van der Waals surface area contributed by atoms with Gasteiger partial charge in [-0.15, -0.1) is 5.10 Å². The highest BCUT2D eigenvalue weighted by molar-refractivity contribution is 6.31. The molecule has 3 aromatic rings.